The lowest BCUT2D eigenvalue weighted by molar-refractivity contribution is -0.141. The third-order valence-corrected chi connectivity index (χ3v) is 4.36. The molecule has 0 radical (unpaired) electrons. The van der Waals surface area contributed by atoms with Crippen LogP contribution in [0, 0.1) is 5.92 Å². The standard InChI is InChI=1S/C19H19NO4/c1-24-17-8-7-14(11-16(17)13-5-3-2-4-6-13)18(21)20-10-9-15(12-20)19(22)23/h2-8,11,15H,9-10,12H2,1H3,(H,22,23)/t15-/m1/s1. The Labute approximate surface area is 140 Å². The average Bonchev–Trinajstić information content (AvgIpc) is 3.11. The number of likely N-dealkylation sites (tertiary alicyclic amines) is 1. The molecular weight excluding hydrogens is 306 g/mol. The number of hydrogen-bond donors (Lipinski definition) is 1. The number of nitrogens with zero attached hydrogens (tertiary/aromatic N) is 1. The Morgan fingerprint density at radius 3 is 2.54 bits per heavy atom. The smallest absolute Gasteiger partial charge is 0.308 e. The van der Waals surface area contributed by atoms with Gasteiger partial charge >= 0.3 is 5.97 Å². The van der Waals surface area contributed by atoms with Crippen LogP contribution in [-0.4, -0.2) is 42.1 Å². The summed E-state index contributed by atoms with van der Waals surface area (Å²) in [6.07, 6.45) is 0.503. The van der Waals surface area contributed by atoms with Gasteiger partial charge < -0.3 is 14.7 Å². The molecule has 1 fully saturated rings. The highest BCUT2D eigenvalue weighted by molar-refractivity contribution is 5.96. The molecule has 0 saturated carbocycles. The average molecular weight is 325 g/mol. The predicted molar refractivity (Wildman–Crippen MR) is 90.1 cm³/mol. The van der Waals surface area contributed by atoms with Crippen molar-refractivity contribution in [1.82, 2.24) is 4.90 Å². The summed E-state index contributed by atoms with van der Waals surface area (Å²) in [5, 5.41) is 9.09. The van der Waals surface area contributed by atoms with Gasteiger partial charge in [-0.1, -0.05) is 30.3 Å². The van der Waals surface area contributed by atoms with E-state index in [1.807, 2.05) is 36.4 Å². The Bertz CT molecular complexity index is 757. The van der Waals surface area contributed by atoms with E-state index >= 15 is 0 Å². The maximum atomic E-state index is 12.7. The fraction of sp³-hybridized carbons (Fsp3) is 0.263. The van der Waals surface area contributed by atoms with E-state index in [9.17, 15) is 9.59 Å². The van der Waals surface area contributed by atoms with E-state index < -0.39 is 11.9 Å². The quantitative estimate of drug-likeness (QED) is 0.938. The number of aliphatic carboxylic acids is 1. The van der Waals surface area contributed by atoms with Crippen LogP contribution in [0.5, 0.6) is 5.75 Å². The second-order valence-corrected chi connectivity index (χ2v) is 5.86. The maximum absolute atomic E-state index is 12.7. The van der Waals surface area contributed by atoms with Crippen molar-refractivity contribution in [2.24, 2.45) is 5.92 Å². The van der Waals surface area contributed by atoms with Crippen LogP contribution in [0.4, 0.5) is 0 Å². The predicted octanol–water partition coefficient (Wildman–Crippen LogP) is 2.91. The third-order valence-electron chi connectivity index (χ3n) is 4.36. The van der Waals surface area contributed by atoms with Gasteiger partial charge in [0.25, 0.3) is 5.91 Å². The van der Waals surface area contributed by atoms with E-state index in [1.54, 1.807) is 24.1 Å². The van der Waals surface area contributed by atoms with Gasteiger partial charge in [-0.15, -0.1) is 0 Å². The molecule has 1 heterocycles. The summed E-state index contributed by atoms with van der Waals surface area (Å²) in [6, 6.07) is 15.0. The van der Waals surface area contributed by atoms with Gasteiger partial charge in [-0.05, 0) is 30.2 Å². The van der Waals surface area contributed by atoms with Crippen LogP contribution in [-0.2, 0) is 4.79 Å². The van der Waals surface area contributed by atoms with Crippen LogP contribution in [0.15, 0.2) is 48.5 Å². The Morgan fingerprint density at radius 2 is 1.92 bits per heavy atom. The van der Waals surface area contributed by atoms with E-state index in [0.29, 0.717) is 24.3 Å². The van der Waals surface area contributed by atoms with Crippen LogP contribution in [0.25, 0.3) is 11.1 Å². The highest BCUT2D eigenvalue weighted by Crippen LogP contribution is 2.31. The van der Waals surface area contributed by atoms with Crippen molar-refractivity contribution < 1.29 is 19.4 Å². The summed E-state index contributed by atoms with van der Waals surface area (Å²) in [4.78, 5) is 25.4. The number of ether oxygens (including phenoxy) is 1. The molecule has 1 aliphatic rings. The third kappa shape index (κ3) is 3.11. The Kier molecular flexibility index (Phi) is 4.51. The monoisotopic (exact) mass is 325 g/mol. The lowest BCUT2D eigenvalue weighted by Gasteiger charge is -2.17. The van der Waals surface area contributed by atoms with E-state index in [1.165, 1.54) is 0 Å². The van der Waals surface area contributed by atoms with Crippen LogP contribution >= 0.6 is 0 Å². The van der Waals surface area contributed by atoms with Gasteiger partial charge in [0.2, 0.25) is 0 Å². The Balaban J connectivity index is 1.89. The van der Waals surface area contributed by atoms with Gasteiger partial charge in [-0.3, -0.25) is 9.59 Å². The van der Waals surface area contributed by atoms with Crippen LogP contribution in [0.2, 0.25) is 0 Å². The van der Waals surface area contributed by atoms with Gasteiger partial charge in [0.1, 0.15) is 5.75 Å². The fourth-order valence-corrected chi connectivity index (χ4v) is 3.01. The molecule has 1 saturated heterocycles. The normalized spacial score (nSPS) is 16.9. The van der Waals surface area contributed by atoms with Gasteiger partial charge in [-0.25, -0.2) is 0 Å². The SMILES string of the molecule is COc1ccc(C(=O)N2CC[C@@H](C(=O)O)C2)cc1-c1ccccc1. The van der Waals surface area contributed by atoms with Crippen molar-refractivity contribution in [2.75, 3.05) is 20.2 Å². The van der Waals surface area contributed by atoms with E-state index in [2.05, 4.69) is 0 Å². The van der Waals surface area contributed by atoms with E-state index in [-0.39, 0.29) is 12.5 Å². The summed E-state index contributed by atoms with van der Waals surface area (Å²) in [7, 11) is 1.60. The van der Waals surface area contributed by atoms with Gasteiger partial charge in [0.05, 0.1) is 13.0 Å². The minimum atomic E-state index is -0.843. The zero-order valence-corrected chi connectivity index (χ0v) is 13.4. The van der Waals surface area contributed by atoms with Gasteiger partial charge in [0.15, 0.2) is 0 Å². The molecule has 1 N–H and O–H groups in total. The van der Waals surface area contributed by atoms with Gasteiger partial charge in [-0.2, -0.15) is 0 Å². The summed E-state index contributed by atoms with van der Waals surface area (Å²) >= 11 is 0. The van der Waals surface area contributed by atoms with Crippen molar-refractivity contribution in [3.8, 4) is 16.9 Å². The summed E-state index contributed by atoms with van der Waals surface area (Å²) < 4.78 is 5.41. The Hall–Kier alpha value is -2.82. The molecule has 2 aromatic rings. The molecule has 5 heteroatoms. The topological polar surface area (TPSA) is 66.8 Å². The molecule has 0 aromatic heterocycles. The summed E-state index contributed by atoms with van der Waals surface area (Å²) in [6.45, 7) is 0.739. The molecular formula is C19H19NO4. The lowest BCUT2D eigenvalue weighted by atomic mass is 10.0. The van der Waals surface area contributed by atoms with Crippen molar-refractivity contribution in [3.63, 3.8) is 0 Å². The maximum Gasteiger partial charge on any atom is 0.308 e. The van der Waals surface area contributed by atoms with Crippen molar-refractivity contribution in [1.29, 1.82) is 0 Å². The second kappa shape index (κ2) is 6.74. The molecule has 3 rings (SSSR count). The second-order valence-electron chi connectivity index (χ2n) is 5.86. The molecule has 0 bridgehead atoms. The van der Waals surface area contributed by atoms with Crippen molar-refractivity contribution >= 4 is 11.9 Å². The number of rotatable bonds is 4. The largest absolute Gasteiger partial charge is 0.496 e. The van der Waals surface area contributed by atoms with Crippen molar-refractivity contribution in [2.45, 2.75) is 6.42 Å². The van der Waals surface area contributed by atoms with Crippen LogP contribution in [0.3, 0.4) is 0 Å². The molecule has 0 unspecified atom stereocenters. The molecule has 0 spiro atoms. The number of methoxy groups -OCH3 is 1. The summed E-state index contributed by atoms with van der Waals surface area (Å²) in [5.74, 6) is -0.757. The number of carboxylic acids is 1. The van der Waals surface area contributed by atoms with Crippen LogP contribution < -0.4 is 4.74 Å². The molecule has 1 atom stereocenters. The minimum Gasteiger partial charge on any atom is -0.496 e. The number of carboxylic acid groups (broad SMARTS) is 1. The minimum absolute atomic E-state index is 0.140. The summed E-state index contributed by atoms with van der Waals surface area (Å²) in [5.41, 5.74) is 2.35. The van der Waals surface area contributed by atoms with Gasteiger partial charge in [0, 0.05) is 24.2 Å². The molecule has 24 heavy (non-hydrogen) atoms. The van der Waals surface area contributed by atoms with Crippen molar-refractivity contribution in [3.05, 3.63) is 54.1 Å². The lowest BCUT2D eigenvalue weighted by Crippen LogP contribution is -2.29. The molecule has 2 aromatic carbocycles. The zero-order chi connectivity index (χ0) is 17.1. The molecule has 0 aliphatic carbocycles. The van der Waals surface area contributed by atoms with E-state index in [0.717, 1.165) is 11.1 Å². The number of hydrogen-bond acceptors (Lipinski definition) is 3. The zero-order valence-electron chi connectivity index (χ0n) is 13.4. The highest BCUT2D eigenvalue weighted by atomic mass is 16.5. The molecule has 124 valence electrons. The number of amides is 1. The number of carbonyl (C=O) groups excluding carboxylic acids is 1. The first-order chi connectivity index (χ1) is 11.6. The fourth-order valence-electron chi connectivity index (χ4n) is 3.01. The van der Waals surface area contributed by atoms with E-state index in [4.69, 9.17) is 9.84 Å². The Morgan fingerprint density at radius 1 is 1.17 bits per heavy atom. The first-order valence-corrected chi connectivity index (χ1v) is 7.85. The molecule has 1 amide bonds. The number of benzene rings is 2. The number of carbonyl (C=O) groups is 2. The first kappa shape index (κ1) is 16.1. The first-order valence-electron chi connectivity index (χ1n) is 7.85. The highest BCUT2D eigenvalue weighted by Gasteiger charge is 2.31. The van der Waals surface area contributed by atoms with Crippen LogP contribution in [0.1, 0.15) is 16.8 Å². The molecule has 5 nitrogen and oxygen atoms in total. The molecule has 1 aliphatic heterocycles.